The molecule has 0 saturated heterocycles. The molecule has 0 aliphatic carbocycles. The molecule has 1 heterocycles. The summed E-state index contributed by atoms with van der Waals surface area (Å²) in [6, 6.07) is 19.4. The summed E-state index contributed by atoms with van der Waals surface area (Å²) in [7, 11) is 0. The van der Waals surface area contributed by atoms with E-state index in [1.54, 1.807) is 6.07 Å². The average Bonchev–Trinajstić information content (AvgIpc) is 3.14. The number of nitrogens with one attached hydrogen (secondary N) is 1. The number of hydrogen-bond donors (Lipinski definition) is 1. The summed E-state index contributed by atoms with van der Waals surface area (Å²) in [4.78, 5) is 12.3. The largest absolute Gasteiger partial charge is 0.451 e. The average molecular weight is 335 g/mol. The Labute approximate surface area is 149 Å². The van der Waals surface area contributed by atoms with Gasteiger partial charge in [-0.1, -0.05) is 62.7 Å². The molecule has 130 valence electrons. The monoisotopic (exact) mass is 335 g/mol. The molecule has 25 heavy (non-hydrogen) atoms. The van der Waals surface area contributed by atoms with E-state index < -0.39 is 0 Å². The Morgan fingerprint density at radius 1 is 1.00 bits per heavy atom. The molecule has 3 aromatic rings. The van der Waals surface area contributed by atoms with Crippen LogP contribution in [0.1, 0.15) is 42.5 Å². The van der Waals surface area contributed by atoms with Gasteiger partial charge in [0.05, 0.1) is 0 Å². The predicted octanol–water partition coefficient (Wildman–Crippen LogP) is 6.10. The molecule has 0 bridgehead atoms. The molecule has 1 N–H and O–H groups in total. The lowest BCUT2D eigenvalue weighted by Gasteiger charge is -2.05. The van der Waals surface area contributed by atoms with Gasteiger partial charge in [0.25, 0.3) is 5.91 Å². The van der Waals surface area contributed by atoms with Gasteiger partial charge in [0.2, 0.25) is 0 Å². The fourth-order valence-corrected chi connectivity index (χ4v) is 2.39. The van der Waals surface area contributed by atoms with E-state index in [9.17, 15) is 4.79 Å². The second kappa shape index (κ2) is 8.88. The fourth-order valence-electron chi connectivity index (χ4n) is 2.39. The van der Waals surface area contributed by atoms with Gasteiger partial charge in [-0.05, 0) is 43.2 Å². The number of furan rings is 1. The zero-order valence-corrected chi connectivity index (χ0v) is 15.3. The number of rotatable bonds is 4. The van der Waals surface area contributed by atoms with E-state index in [0.29, 0.717) is 11.5 Å². The number of hydrogen-bond acceptors (Lipinski definition) is 2. The first kappa shape index (κ1) is 18.5. The van der Waals surface area contributed by atoms with E-state index >= 15 is 0 Å². The van der Waals surface area contributed by atoms with Crippen LogP contribution in [0.25, 0.3) is 11.3 Å². The Morgan fingerprint density at radius 3 is 2.40 bits per heavy atom. The number of benzene rings is 2. The highest BCUT2D eigenvalue weighted by Gasteiger charge is 2.12. The molecule has 0 aliphatic heterocycles. The first-order valence-corrected chi connectivity index (χ1v) is 8.73. The molecule has 3 nitrogen and oxygen atoms in total. The predicted molar refractivity (Wildman–Crippen MR) is 104 cm³/mol. The number of carbonyl (C=O) groups excluding carboxylic acids is 1. The van der Waals surface area contributed by atoms with E-state index in [-0.39, 0.29) is 5.91 Å². The lowest BCUT2D eigenvalue weighted by molar-refractivity contribution is 0.0997. The molecule has 0 spiro atoms. The van der Waals surface area contributed by atoms with Crippen LogP contribution in [0.5, 0.6) is 0 Å². The van der Waals surface area contributed by atoms with Crippen molar-refractivity contribution in [3.05, 3.63) is 77.6 Å². The topological polar surface area (TPSA) is 42.2 Å². The van der Waals surface area contributed by atoms with Gasteiger partial charge >= 0.3 is 0 Å². The van der Waals surface area contributed by atoms with Crippen LogP contribution in [-0.4, -0.2) is 5.91 Å². The highest BCUT2D eigenvalue weighted by atomic mass is 16.3. The summed E-state index contributed by atoms with van der Waals surface area (Å²) in [6.07, 6.45) is 0.933. The maximum absolute atomic E-state index is 12.3. The minimum atomic E-state index is -0.239. The molecule has 0 aliphatic rings. The summed E-state index contributed by atoms with van der Waals surface area (Å²) < 4.78 is 5.69. The van der Waals surface area contributed by atoms with Crippen molar-refractivity contribution in [1.82, 2.24) is 0 Å². The molecule has 3 heteroatoms. The van der Waals surface area contributed by atoms with Gasteiger partial charge in [0, 0.05) is 11.3 Å². The van der Waals surface area contributed by atoms with Gasteiger partial charge in [-0.2, -0.15) is 0 Å². The van der Waals surface area contributed by atoms with Gasteiger partial charge < -0.3 is 9.73 Å². The highest BCUT2D eigenvalue weighted by molar-refractivity contribution is 6.02. The number of aryl methyl sites for hydroxylation is 2. The normalized spacial score (nSPS) is 9.92. The third kappa shape index (κ3) is 4.83. The minimum Gasteiger partial charge on any atom is -0.451 e. The van der Waals surface area contributed by atoms with Gasteiger partial charge in [0.15, 0.2) is 5.76 Å². The summed E-state index contributed by atoms with van der Waals surface area (Å²) in [6.45, 7) is 8.12. The Balaban J connectivity index is 0.00000109. The molecule has 2 aromatic carbocycles. The van der Waals surface area contributed by atoms with Crippen LogP contribution in [0.15, 0.2) is 65.1 Å². The van der Waals surface area contributed by atoms with Crippen molar-refractivity contribution in [3.63, 3.8) is 0 Å². The van der Waals surface area contributed by atoms with Crippen molar-refractivity contribution in [2.24, 2.45) is 0 Å². The minimum absolute atomic E-state index is 0.239. The van der Waals surface area contributed by atoms with Crippen LogP contribution in [0.4, 0.5) is 5.69 Å². The SMILES string of the molecule is CC.CCc1cccc(NC(=O)c2ccc(-c3ccc(C)cc3)o2)c1. The zero-order chi connectivity index (χ0) is 18.2. The van der Waals surface area contributed by atoms with Crippen molar-refractivity contribution in [3.8, 4) is 11.3 Å². The first-order chi connectivity index (χ1) is 12.2. The third-order valence-corrected chi connectivity index (χ3v) is 3.76. The van der Waals surface area contributed by atoms with Crippen LogP contribution < -0.4 is 5.32 Å². The Hall–Kier alpha value is -2.81. The Morgan fingerprint density at radius 2 is 1.72 bits per heavy atom. The molecule has 3 rings (SSSR count). The lowest BCUT2D eigenvalue weighted by Crippen LogP contribution is -2.10. The molecular formula is C22H25NO2. The summed E-state index contributed by atoms with van der Waals surface area (Å²) in [5.74, 6) is 0.761. The lowest BCUT2D eigenvalue weighted by atomic mass is 10.1. The van der Waals surface area contributed by atoms with Gasteiger partial charge in [-0.3, -0.25) is 4.79 Å². The van der Waals surface area contributed by atoms with Gasteiger partial charge in [-0.15, -0.1) is 0 Å². The standard InChI is InChI=1S/C20H19NO2.C2H6/c1-3-15-5-4-6-17(13-15)21-20(22)19-12-11-18(23-19)16-9-7-14(2)8-10-16;1-2/h4-13H,3H2,1-2H3,(H,21,22);1-2H3. The fraction of sp³-hybridized carbons (Fsp3) is 0.227. The summed E-state index contributed by atoms with van der Waals surface area (Å²) in [5.41, 5.74) is 4.11. The van der Waals surface area contributed by atoms with E-state index in [2.05, 4.69) is 12.2 Å². The van der Waals surface area contributed by atoms with Gasteiger partial charge in [0.1, 0.15) is 5.76 Å². The van der Waals surface area contributed by atoms with E-state index in [1.165, 1.54) is 11.1 Å². The maximum Gasteiger partial charge on any atom is 0.291 e. The molecule has 0 unspecified atom stereocenters. The van der Waals surface area contributed by atoms with Crippen molar-refractivity contribution >= 4 is 11.6 Å². The second-order valence-electron chi connectivity index (χ2n) is 5.54. The van der Waals surface area contributed by atoms with Crippen molar-refractivity contribution in [1.29, 1.82) is 0 Å². The van der Waals surface area contributed by atoms with E-state index in [4.69, 9.17) is 4.42 Å². The van der Waals surface area contributed by atoms with Crippen LogP contribution in [0.2, 0.25) is 0 Å². The zero-order valence-electron chi connectivity index (χ0n) is 15.3. The number of amides is 1. The Bertz CT molecular complexity index is 816. The summed E-state index contributed by atoms with van der Waals surface area (Å²) >= 11 is 0. The van der Waals surface area contributed by atoms with Crippen LogP contribution in [0, 0.1) is 6.92 Å². The molecule has 0 fully saturated rings. The molecule has 0 radical (unpaired) electrons. The molecule has 0 saturated carbocycles. The molecule has 0 atom stereocenters. The molecule has 1 aromatic heterocycles. The van der Waals surface area contributed by atoms with E-state index in [1.807, 2.05) is 75.4 Å². The smallest absolute Gasteiger partial charge is 0.291 e. The van der Waals surface area contributed by atoms with Crippen molar-refractivity contribution in [2.45, 2.75) is 34.1 Å². The van der Waals surface area contributed by atoms with Crippen molar-refractivity contribution in [2.75, 3.05) is 5.32 Å². The van der Waals surface area contributed by atoms with Crippen LogP contribution in [0.3, 0.4) is 0 Å². The number of anilines is 1. The molecular weight excluding hydrogens is 310 g/mol. The quantitative estimate of drug-likeness (QED) is 0.626. The van der Waals surface area contributed by atoms with Crippen molar-refractivity contribution < 1.29 is 9.21 Å². The van der Waals surface area contributed by atoms with Crippen LogP contribution in [-0.2, 0) is 6.42 Å². The van der Waals surface area contributed by atoms with E-state index in [0.717, 1.165) is 17.7 Å². The van der Waals surface area contributed by atoms with Gasteiger partial charge in [-0.25, -0.2) is 0 Å². The first-order valence-electron chi connectivity index (χ1n) is 8.73. The summed E-state index contributed by atoms with van der Waals surface area (Å²) in [5, 5.41) is 2.87. The number of carbonyl (C=O) groups is 1. The Kier molecular flexibility index (Phi) is 6.58. The maximum atomic E-state index is 12.3. The second-order valence-corrected chi connectivity index (χ2v) is 5.54. The van der Waals surface area contributed by atoms with Crippen LogP contribution >= 0.6 is 0 Å². The molecule has 1 amide bonds. The third-order valence-electron chi connectivity index (χ3n) is 3.76. The highest BCUT2D eigenvalue weighted by Crippen LogP contribution is 2.23.